The van der Waals surface area contributed by atoms with Crippen LogP contribution in [0, 0.1) is 11.3 Å². The highest BCUT2D eigenvalue weighted by atomic mass is 16.1. The zero-order chi connectivity index (χ0) is 11.4. The quantitative estimate of drug-likeness (QED) is 0.710. The molecular weight excluding hydrogens is 198 g/mol. The fourth-order valence-electron chi connectivity index (χ4n) is 1.56. The monoisotopic (exact) mass is 207 g/mol. The molecule has 0 aliphatic heterocycles. The number of carbonyl (C=O) groups excluding carboxylic acids is 1. The summed E-state index contributed by atoms with van der Waals surface area (Å²) in [5.74, 6) is 0. The standard InChI is InChI=1S/C14H9NO/c15-9-11-3-1-5-13(7-11)14-6-2-4-12(8-14)10-16/h1-8,10H. The van der Waals surface area contributed by atoms with E-state index in [0.29, 0.717) is 11.1 Å². The van der Waals surface area contributed by atoms with Gasteiger partial charge in [-0.3, -0.25) is 4.79 Å². The first-order chi connectivity index (χ1) is 7.83. The Balaban J connectivity index is 2.50. The molecule has 2 aromatic rings. The highest BCUT2D eigenvalue weighted by Crippen LogP contribution is 2.20. The van der Waals surface area contributed by atoms with Crippen LogP contribution in [0.15, 0.2) is 48.5 Å². The van der Waals surface area contributed by atoms with E-state index < -0.39 is 0 Å². The minimum absolute atomic E-state index is 0.619. The van der Waals surface area contributed by atoms with Gasteiger partial charge in [0.05, 0.1) is 11.6 Å². The Hall–Kier alpha value is -2.40. The largest absolute Gasteiger partial charge is 0.298 e. The van der Waals surface area contributed by atoms with Gasteiger partial charge < -0.3 is 0 Å². The number of carbonyl (C=O) groups is 1. The summed E-state index contributed by atoms with van der Waals surface area (Å²) in [6.45, 7) is 0. The zero-order valence-electron chi connectivity index (χ0n) is 8.55. The third kappa shape index (κ3) is 1.99. The smallest absolute Gasteiger partial charge is 0.150 e. The maximum absolute atomic E-state index is 10.7. The third-order valence-corrected chi connectivity index (χ3v) is 2.35. The molecule has 0 unspecified atom stereocenters. The SMILES string of the molecule is N#Cc1cccc(-c2cccc(C=O)c2)c1. The van der Waals surface area contributed by atoms with Crippen LogP contribution in [0.3, 0.4) is 0 Å². The molecule has 0 N–H and O–H groups in total. The Bertz CT molecular complexity index is 567. The molecule has 0 fully saturated rings. The van der Waals surface area contributed by atoms with Crippen LogP contribution in [0.1, 0.15) is 15.9 Å². The van der Waals surface area contributed by atoms with Gasteiger partial charge in [0.25, 0.3) is 0 Å². The van der Waals surface area contributed by atoms with Gasteiger partial charge in [-0.15, -0.1) is 0 Å². The van der Waals surface area contributed by atoms with E-state index in [2.05, 4.69) is 6.07 Å². The van der Waals surface area contributed by atoms with Crippen molar-refractivity contribution in [2.24, 2.45) is 0 Å². The second-order valence-corrected chi connectivity index (χ2v) is 3.44. The number of benzene rings is 2. The van der Waals surface area contributed by atoms with Crippen molar-refractivity contribution in [1.29, 1.82) is 5.26 Å². The molecule has 0 aliphatic rings. The van der Waals surface area contributed by atoms with Crippen LogP contribution in [-0.2, 0) is 0 Å². The topological polar surface area (TPSA) is 40.9 Å². The minimum Gasteiger partial charge on any atom is -0.298 e. The number of hydrogen-bond acceptors (Lipinski definition) is 2. The number of nitriles is 1. The lowest BCUT2D eigenvalue weighted by molar-refractivity contribution is 0.112. The molecule has 0 bridgehead atoms. The lowest BCUT2D eigenvalue weighted by Crippen LogP contribution is -1.83. The predicted octanol–water partition coefficient (Wildman–Crippen LogP) is 3.04. The van der Waals surface area contributed by atoms with E-state index in [1.165, 1.54) is 0 Å². The normalized spacial score (nSPS) is 9.44. The Morgan fingerprint density at radius 3 is 2.38 bits per heavy atom. The van der Waals surface area contributed by atoms with Gasteiger partial charge in [-0.2, -0.15) is 5.26 Å². The van der Waals surface area contributed by atoms with Gasteiger partial charge in [0.1, 0.15) is 6.29 Å². The van der Waals surface area contributed by atoms with Crippen molar-refractivity contribution >= 4 is 6.29 Å². The lowest BCUT2D eigenvalue weighted by atomic mass is 10.0. The van der Waals surface area contributed by atoms with Crippen molar-refractivity contribution in [1.82, 2.24) is 0 Å². The molecule has 2 rings (SSSR count). The molecule has 0 heterocycles. The van der Waals surface area contributed by atoms with E-state index in [4.69, 9.17) is 5.26 Å². The average Bonchev–Trinajstić information content (AvgIpc) is 2.39. The molecule has 76 valence electrons. The van der Waals surface area contributed by atoms with Gasteiger partial charge in [-0.05, 0) is 29.3 Å². The Labute approximate surface area is 93.8 Å². The zero-order valence-corrected chi connectivity index (χ0v) is 8.55. The maximum Gasteiger partial charge on any atom is 0.150 e. The first kappa shape index (κ1) is 10.1. The first-order valence-electron chi connectivity index (χ1n) is 4.89. The van der Waals surface area contributed by atoms with Gasteiger partial charge in [-0.1, -0.05) is 30.3 Å². The fraction of sp³-hybridized carbons (Fsp3) is 0. The molecule has 0 spiro atoms. The van der Waals surface area contributed by atoms with Crippen molar-refractivity contribution in [3.63, 3.8) is 0 Å². The molecule has 0 amide bonds. The second kappa shape index (κ2) is 4.41. The van der Waals surface area contributed by atoms with Crippen LogP contribution in [0.2, 0.25) is 0 Å². The summed E-state index contributed by atoms with van der Waals surface area (Å²) in [4.78, 5) is 10.7. The molecule has 2 aromatic carbocycles. The van der Waals surface area contributed by atoms with Gasteiger partial charge in [-0.25, -0.2) is 0 Å². The highest BCUT2D eigenvalue weighted by molar-refractivity contribution is 5.79. The molecule has 2 heteroatoms. The van der Waals surface area contributed by atoms with Gasteiger partial charge >= 0.3 is 0 Å². The summed E-state index contributed by atoms with van der Waals surface area (Å²) in [7, 11) is 0. The van der Waals surface area contributed by atoms with Crippen LogP contribution in [0.4, 0.5) is 0 Å². The van der Waals surface area contributed by atoms with Gasteiger partial charge in [0.2, 0.25) is 0 Å². The minimum atomic E-state index is 0.619. The molecular formula is C14H9NO. The van der Waals surface area contributed by atoms with Gasteiger partial charge in [0, 0.05) is 5.56 Å². The number of hydrogen-bond donors (Lipinski definition) is 0. The van der Waals surface area contributed by atoms with Crippen LogP contribution >= 0.6 is 0 Å². The second-order valence-electron chi connectivity index (χ2n) is 3.44. The van der Waals surface area contributed by atoms with E-state index in [1.807, 2.05) is 36.4 Å². The summed E-state index contributed by atoms with van der Waals surface area (Å²) < 4.78 is 0. The Morgan fingerprint density at radius 2 is 1.69 bits per heavy atom. The molecule has 0 radical (unpaired) electrons. The summed E-state index contributed by atoms with van der Waals surface area (Å²) in [6, 6.07) is 16.7. The van der Waals surface area contributed by atoms with Crippen molar-refractivity contribution in [2.45, 2.75) is 0 Å². The molecule has 0 atom stereocenters. The Morgan fingerprint density at radius 1 is 1.00 bits per heavy atom. The third-order valence-electron chi connectivity index (χ3n) is 2.35. The lowest BCUT2D eigenvalue weighted by Gasteiger charge is -2.02. The molecule has 0 saturated carbocycles. The van der Waals surface area contributed by atoms with E-state index in [1.54, 1.807) is 12.1 Å². The summed E-state index contributed by atoms with van der Waals surface area (Å²) in [5, 5.41) is 8.80. The van der Waals surface area contributed by atoms with E-state index >= 15 is 0 Å². The van der Waals surface area contributed by atoms with E-state index in [-0.39, 0.29) is 0 Å². The maximum atomic E-state index is 10.7. The van der Waals surface area contributed by atoms with E-state index in [9.17, 15) is 4.79 Å². The van der Waals surface area contributed by atoms with Crippen LogP contribution < -0.4 is 0 Å². The fourth-order valence-corrected chi connectivity index (χ4v) is 1.56. The van der Waals surface area contributed by atoms with Crippen molar-refractivity contribution in [3.05, 3.63) is 59.7 Å². The first-order valence-corrected chi connectivity index (χ1v) is 4.89. The predicted molar refractivity (Wildman–Crippen MR) is 62.0 cm³/mol. The number of rotatable bonds is 2. The molecule has 0 aliphatic carbocycles. The highest BCUT2D eigenvalue weighted by Gasteiger charge is 1.99. The molecule has 0 aromatic heterocycles. The van der Waals surface area contributed by atoms with Crippen LogP contribution in [0.5, 0.6) is 0 Å². The average molecular weight is 207 g/mol. The summed E-state index contributed by atoms with van der Waals surface area (Å²) >= 11 is 0. The summed E-state index contributed by atoms with van der Waals surface area (Å²) in [6.07, 6.45) is 0.817. The van der Waals surface area contributed by atoms with Crippen molar-refractivity contribution < 1.29 is 4.79 Å². The van der Waals surface area contributed by atoms with E-state index in [0.717, 1.165) is 17.4 Å². The van der Waals surface area contributed by atoms with Crippen molar-refractivity contribution in [3.8, 4) is 17.2 Å². The summed E-state index contributed by atoms with van der Waals surface area (Å²) in [5.41, 5.74) is 3.15. The Kier molecular flexibility index (Phi) is 2.79. The van der Waals surface area contributed by atoms with Gasteiger partial charge in [0.15, 0.2) is 0 Å². The van der Waals surface area contributed by atoms with Crippen molar-refractivity contribution in [2.75, 3.05) is 0 Å². The molecule has 2 nitrogen and oxygen atoms in total. The number of nitrogens with zero attached hydrogens (tertiary/aromatic N) is 1. The van der Waals surface area contributed by atoms with Crippen LogP contribution in [0.25, 0.3) is 11.1 Å². The molecule has 16 heavy (non-hydrogen) atoms. The number of aldehydes is 1. The molecule has 0 saturated heterocycles. The van der Waals surface area contributed by atoms with Crippen LogP contribution in [-0.4, -0.2) is 6.29 Å².